The molecule has 2 rings (SSSR count). The van der Waals surface area contributed by atoms with Crippen molar-refractivity contribution in [1.29, 1.82) is 0 Å². The Kier molecular flexibility index (Phi) is 2.59. The monoisotopic (exact) mass is 205 g/mol. The summed E-state index contributed by atoms with van der Waals surface area (Å²) < 4.78 is 25.5. The molecule has 1 fully saturated rings. The molecule has 13 heavy (non-hydrogen) atoms. The van der Waals surface area contributed by atoms with Gasteiger partial charge in [0.2, 0.25) is 0 Å². The molecule has 0 atom stereocenters. The summed E-state index contributed by atoms with van der Waals surface area (Å²) >= 11 is 0. The highest BCUT2D eigenvalue weighted by molar-refractivity contribution is 5.85. The van der Waals surface area contributed by atoms with Crippen molar-refractivity contribution >= 4 is 12.4 Å². The minimum absolute atomic E-state index is 0. The van der Waals surface area contributed by atoms with Crippen LogP contribution in [0.15, 0.2) is 18.2 Å². The first-order valence-electron chi connectivity index (χ1n) is 3.86. The summed E-state index contributed by atoms with van der Waals surface area (Å²) in [6, 6.07) is 3.55. The molecular formula is C9H10ClF2N. The largest absolute Gasteiger partial charge is 0.321 e. The second-order valence-corrected chi connectivity index (χ2v) is 3.28. The lowest BCUT2D eigenvalue weighted by molar-refractivity contribution is 0.552. The smallest absolute Gasteiger partial charge is 0.131 e. The van der Waals surface area contributed by atoms with Crippen LogP contribution in [0, 0.1) is 11.6 Å². The maximum Gasteiger partial charge on any atom is 0.131 e. The van der Waals surface area contributed by atoms with Crippen molar-refractivity contribution in [3.8, 4) is 0 Å². The summed E-state index contributed by atoms with van der Waals surface area (Å²) in [6.07, 6.45) is 1.57. The van der Waals surface area contributed by atoms with Crippen LogP contribution in [0.3, 0.4) is 0 Å². The molecule has 72 valence electrons. The van der Waals surface area contributed by atoms with E-state index in [9.17, 15) is 8.78 Å². The van der Waals surface area contributed by atoms with Gasteiger partial charge in [0.15, 0.2) is 0 Å². The van der Waals surface area contributed by atoms with Crippen molar-refractivity contribution in [3.05, 3.63) is 35.4 Å². The topological polar surface area (TPSA) is 26.0 Å². The van der Waals surface area contributed by atoms with Gasteiger partial charge in [0.05, 0.1) is 0 Å². The fourth-order valence-corrected chi connectivity index (χ4v) is 1.30. The minimum Gasteiger partial charge on any atom is -0.321 e. The van der Waals surface area contributed by atoms with E-state index in [2.05, 4.69) is 0 Å². The van der Waals surface area contributed by atoms with Gasteiger partial charge in [-0.3, -0.25) is 0 Å². The lowest BCUT2D eigenvalue weighted by Gasteiger charge is -2.09. The average molecular weight is 206 g/mol. The fraction of sp³-hybridized carbons (Fsp3) is 0.333. The Morgan fingerprint density at radius 1 is 1.23 bits per heavy atom. The van der Waals surface area contributed by atoms with Crippen molar-refractivity contribution in [2.75, 3.05) is 0 Å². The van der Waals surface area contributed by atoms with E-state index in [1.165, 1.54) is 12.1 Å². The summed E-state index contributed by atoms with van der Waals surface area (Å²) in [6.45, 7) is 0. The Morgan fingerprint density at radius 2 is 1.85 bits per heavy atom. The van der Waals surface area contributed by atoms with E-state index in [0.29, 0.717) is 5.56 Å². The Bertz CT molecular complexity index is 323. The summed E-state index contributed by atoms with van der Waals surface area (Å²) in [5.74, 6) is -1.09. The molecule has 1 aliphatic carbocycles. The highest BCUT2D eigenvalue weighted by Gasteiger charge is 2.41. The van der Waals surface area contributed by atoms with Crippen LogP contribution in [0.4, 0.5) is 8.78 Å². The molecule has 0 aliphatic heterocycles. The molecular weight excluding hydrogens is 196 g/mol. The van der Waals surface area contributed by atoms with Crippen molar-refractivity contribution in [3.63, 3.8) is 0 Å². The molecule has 0 radical (unpaired) electrons. The van der Waals surface area contributed by atoms with Crippen molar-refractivity contribution < 1.29 is 8.78 Å². The summed E-state index contributed by atoms with van der Waals surface area (Å²) in [4.78, 5) is 0. The van der Waals surface area contributed by atoms with Gasteiger partial charge in [-0.1, -0.05) is 6.07 Å². The van der Waals surface area contributed by atoms with Crippen LogP contribution in [-0.4, -0.2) is 0 Å². The molecule has 1 nitrogen and oxygen atoms in total. The van der Waals surface area contributed by atoms with Crippen molar-refractivity contribution in [2.45, 2.75) is 18.4 Å². The highest BCUT2D eigenvalue weighted by atomic mass is 35.5. The van der Waals surface area contributed by atoms with Gasteiger partial charge in [-0.15, -0.1) is 12.4 Å². The van der Waals surface area contributed by atoms with Gasteiger partial charge in [-0.05, 0) is 18.9 Å². The van der Waals surface area contributed by atoms with E-state index in [4.69, 9.17) is 5.73 Å². The average Bonchev–Trinajstić information content (AvgIpc) is 2.68. The third kappa shape index (κ3) is 1.81. The predicted octanol–water partition coefficient (Wildman–Crippen LogP) is 2.33. The molecule has 4 heteroatoms. The van der Waals surface area contributed by atoms with Gasteiger partial charge in [0, 0.05) is 17.2 Å². The van der Waals surface area contributed by atoms with Crippen molar-refractivity contribution in [2.24, 2.45) is 5.73 Å². The Balaban J connectivity index is 0.000000845. The van der Waals surface area contributed by atoms with E-state index in [0.717, 1.165) is 18.9 Å². The summed E-state index contributed by atoms with van der Waals surface area (Å²) in [7, 11) is 0. The van der Waals surface area contributed by atoms with Gasteiger partial charge in [0.1, 0.15) is 11.6 Å². The zero-order valence-corrected chi connectivity index (χ0v) is 7.70. The first-order chi connectivity index (χ1) is 5.62. The number of halogens is 3. The van der Waals surface area contributed by atoms with Crippen LogP contribution in [-0.2, 0) is 5.54 Å². The molecule has 0 heterocycles. The number of benzene rings is 1. The predicted molar refractivity (Wildman–Crippen MR) is 48.7 cm³/mol. The van der Waals surface area contributed by atoms with Crippen LogP contribution in [0.1, 0.15) is 18.4 Å². The van der Waals surface area contributed by atoms with Gasteiger partial charge in [-0.25, -0.2) is 8.78 Å². The molecule has 0 unspecified atom stereocenters. The van der Waals surface area contributed by atoms with Crippen molar-refractivity contribution in [1.82, 2.24) is 0 Å². The molecule has 1 aromatic rings. The maximum atomic E-state index is 13.1. The van der Waals surface area contributed by atoms with Gasteiger partial charge >= 0.3 is 0 Å². The Hall–Kier alpha value is -0.670. The Morgan fingerprint density at radius 3 is 2.31 bits per heavy atom. The fourth-order valence-electron chi connectivity index (χ4n) is 1.30. The van der Waals surface area contributed by atoms with E-state index >= 15 is 0 Å². The summed E-state index contributed by atoms with van der Waals surface area (Å²) in [5.41, 5.74) is 5.67. The van der Waals surface area contributed by atoms with Crippen LogP contribution in [0.5, 0.6) is 0 Å². The standard InChI is InChI=1S/C9H9F2N.ClH/c10-6-1-2-7(8(11)5-6)9(12)3-4-9;/h1-2,5H,3-4,12H2;1H. The lowest BCUT2D eigenvalue weighted by Crippen LogP contribution is -2.20. The third-order valence-electron chi connectivity index (χ3n) is 2.26. The SMILES string of the molecule is Cl.NC1(c2ccc(F)cc2F)CC1. The van der Waals surface area contributed by atoms with E-state index in [1.807, 2.05) is 0 Å². The minimum atomic E-state index is -0.555. The second-order valence-electron chi connectivity index (χ2n) is 3.28. The van der Waals surface area contributed by atoms with Crippen LogP contribution in [0.25, 0.3) is 0 Å². The molecule has 0 bridgehead atoms. The number of hydrogen-bond acceptors (Lipinski definition) is 1. The molecule has 0 aromatic heterocycles. The lowest BCUT2D eigenvalue weighted by atomic mass is 10.1. The van der Waals surface area contributed by atoms with E-state index in [-0.39, 0.29) is 12.4 Å². The normalized spacial score (nSPS) is 17.8. The molecule has 1 saturated carbocycles. The number of hydrogen-bond donors (Lipinski definition) is 1. The summed E-state index contributed by atoms with van der Waals surface area (Å²) in [5, 5.41) is 0. The van der Waals surface area contributed by atoms with Gasteiger partial charge in [-0.2, -0.15) is 0 Å². The molecule has 2 N–H and O–H groups in total. The van der Waals surface area contributed by atoms with Crippen LogP contribution < -0.4 is 5.73 Å². The zero-order valence-electron chi connectivity index (χ0n) is 6.89. The van der Waals surface area contributed by atoms with E-state index < -0.39 is 17.2 Å². The zero-order chi connectivity index (χ0) is 8.77. The number of rotatable bonds is 1. The van der Waals surface area contributed by atoms with Gasteiger partial charge < -0.3 is 5.73 Å². The quantitative estimate of drug-likeness (QED) is 0.748. The van der Waals surface area contributed by atoms with Crippen LogP contribution in [0.2, 0.25) is 0 Å². The first kappa shape index (κ1) is 10.4. The highest BCUT2D eigenvalue weighted by Crippen LogP contribution is 2.43. The first-order valence-corrected chi connectivity index (χ1v) is 3.86. The maximum absolute atomic E-state index is 13.1. The third-order valence-corrected chi connectivity index (χ3v) is 2.26. The second kappa shape index (κ2) is 3.24. The van der Waals surface area contributed by atoms with E-state index in [1.54, 1.807) is 0 Å². The molecule has 0 saturated heterocycles. The molecule has 0 spiro atoms. The molecule has 1 aromatic carbocycles. The molecule has 1 aliphatic rings. The Labute approximate surface area is 81.3 Å². The number of nitrogens with two attached hydrogens (primary N) is 1. The molecule has 0 amide bonds. The van der Waals surface area contributed by atoms with Gasteiger partial charge in [0.25, 0.3) is 0 Å². The van der Waals surface area contributed by atoms with Crippen LogP contribution >= 0.6 is 12.4 Å².